The minimum Gasteiger partial charge on any atom is -0.508 e. The molecule has 3 rings (SSSR count). The Balaban J connectivity index is 1.86. The van der Waals surface area contributed by atoms with Gasteiger partial charge < -0.3 is 42.0 Å². The third-order valence-electron chi connectivity index (χ3n) is 7.13. The summed E-state index contributed by atoms with van der Waals surface area (Å²) in [6.07, 6.45) is 3.60. The quantitative estimate of drug-likeness (QED) is 0.124. The Morgan fingerprint density at radius 2 is 1.30 bits per heavy atom. The van der Waals surface area contributed by atoms with Crippen molar-refractivity contribution in [3.8, 4) is 11.5 Å². The highest BCUT2D eigenvalue weighted by Crippen LogP contribution is 2.15. The number of phenols is 2. The molecule has 0 bridgehead atoms. The van der Waals surface area contributed by atoms with Crippen molar-refractivity contribution in [3.63, 3.8) is 0 Å². The summed E-state index contributed by atoms with van der Waals surface area (Å²) in [5, 5.41) is 36.9. The number of nitrogens with zero attached hydrogens (tertiary/aromatic N) is 1. The average molecular weight is 595 g/mol. The summed E-state index contributed by atoms with van der Waals surface area (Å²) in [5.41, 5.74) is 7.93. The van der Waals surface area contributed by atoms with Crippen LogP contribution >= 0.6 is 0 Å². The number of aromatic nitrogens is 2. The van der Waals surface area contributed by atoms with Crippen molar-refractivity contribution >= 4 is 23.7 Å². The number of aliphatic carboxylic acids is 1. The van der Waals surface area contributed by atoms with Gasteiger partial charge in [0.15, 0.2) is 0 Å². The molecule has 1 heterocycles. The van der Waals surface area contributed by atoms with Gasteiger partial charge in [0.05, 0.1) is 12.4 Å². The van der Waals surface area contributed by atoms with Crippen LogP contribution in [0.5, 0.6) is 11.5 Å². The number of hydrogen-bond acceptors (Lipinski definition) is 8. The molecule has 2 aromatic carbocycles. The number of aromatic amines is 1. The van der Waals surface area contributed by atoms with Crippen molar-refractivity contribution < 1.29 is 34.5 Å². The zero-order valence-corrected chi connectivity index (χ0v) is 24.0. The van der Waals surface area contributed by atoms with Gasteiger partial charge in [0.25, 0.3) is 0 Å². The number of amides is 3. The first kappa shape index (κ1) is 32.6. The van der Waals surface area contributed by atoms with Crippen LogP contribution in [0.1, 0.15) is 37.1 Å². The van der Waals surface area contributed by atoms with Crippen LogP contribution in [-0.2, 0) is 38.4 Å². The van der Waals surface area contributed by atoms with E-state index in [1.54, 1.807) is 38.1 Å². The second kappa shape index (κ2) is 15.4. The molecule has 5 atom stereocenters. The number of nitrogens with one attached hydrogen (secondary N) is 4. The molecule has 13 heteroatoms. The number of carbonyl (C=O) groups is 4. The molecule has 230 valence electrons. The van der Waals surface area contributed by atoms with Crippen LogP contribution < -0.4 is 21.7 Å². The number of H-pyrrole nitrogens is 1. The van der Waals surface area contributed by atoms with Gasteiger partial charge in [-0.1, -0.05) is 44.5 Å². The van der Waals surface area contributed by atoms with Crippen molar-refractivity contribution in [1.82, 2.24) is 25.9 Å². The largest absolute Gasteiger partial charge is 0.508 e. The van der Waals surface area contributed by atoms with E-state index < -0.39 is 47.9 Å². The molecule has 0 aliphatic carbocycles. The number of carbonyl (C=O) groups excluding carboxylic acids is 3. The van der Waals surface area contributed by atoms with Crippen LogP contribution in [0.15, 0.2) is 61.1 Å². The highest BCUT2D eigenvalue weighted by atomic mass is 16.4. The van der Waals surface area contributed by atoms with Gasteiger partial charge in [-0.05, 0) is 41.3 Å². The fraction of sp³-hybridized carbons (Fsp3) is 0.367. The highest BCUT2D eigenvalue weighted by Gasteiger charge is 2.32. The monoisotopic (exact) mass is 594 g/mol. The number of hydrogen-bond donors (Lipinski definition) is 8. The molecule has 0 saturated heterocycles. The lowest BCUT2D eigenvalue weighted by Crippen LogP contribution is -2.58. The Bertz CT molecular complexity index is 1360. The molecule has 43 heavy (non-hydrogen) atoms. The van der Waals surface area contributed by atoms with Crippen LogP contribution in [-0.4, -0.2) is 73.1 Å². The highest BCUT2D eigenvalue weighted by molar-refractivity contribution is 5.94. The Morgan fingerprint density at radius 3 is 1.74 bits per heavy atom. The summed E-state index contributed by atoms with van der Waals surface area (Å²) in [7, 11) is 0. The van der Waals surface area contributed by atoms with E-state index in [1.165, 1.54) is 36.8 Å². The number of benzene rings is 2. The van der Waals surface area contributed by atoms with Gasteiger partial charge >= 0.3 is 5.97 Å². The molecule has 3 amide bonds. The first-order valence-corrected chi connectivity index (χ1v) is 13.9. The minimum absolute atomic E-state index is 0.00675. The SMILES string of the molecule is CCC(C)C(NC(=O)C(Cc1ccc(O)cc1)NC(=O)C(Cc1ccc(O)cc1)NC(=O)C(N)Cc1cnc[nH]1)C(=O)O. The number of phenolic OH excluding ortho intramolecular Hbond substituents is 2. The second-order valence-corrected chi connectivity index (χ2v) is 10.5. The van der Waals surface area contributed by atoms with Crippen molar-refractivity contribution in [2.45, 2.75) is 63.7 Å². The number of aromatic hydroxyl groups is 2. The molecule has 0 saturated carbocycles. The summed E-state index contributed by atoms with van der Waals surface area (Å²) in [6, 6.07) is 7.49. The van der Waals surface area contributed by atoms with Gasteiger partial charge in [-0.15, -0.1) is 0 Å². The molecule has 1 aromatic heterocycles. The fourth-order valence-corrected chi connectivity index (χ4v) is 4.37. The van der Waals surface area contributed by atoms with E-state index in [0.717, 1.165) is 0 Å². The van der Waals surface area contributed by atoms with Crippen molar-refractivity contribution in [2.75, 3.05) is 0 Å². The molecule has 0 fully saturated rings. The molecular weight excluding hydrogens is 556 g/mol. The third-order valence-corrected chi connectivity index (χ3v) is 7.13. The van der Waals surface area contributed by atoms with Crippen LogP contribution in [0.25, 0.3) is 0 Å². The van der Waals surface area contributed by atoms with Crippen LogP contribution in [0.4, 0.5) is 0 Å². The smallest absolute Gasteiger partial charge is 0.326 e. The molecule has 0 radical (unpaired) electrons. The van der Waals surface area contributed by atoms with E-state index in [1.807, 2.05) is 0 Å². The lowest BCUT2D eigenvalue weighted by Gasteiger charge is -2.27. The zero-order valence-electron chi connectivity index (χ0n) is 24.0. The molecule has 3 aromatic rings. The molecule has 0 spiro atoms. The van der Waals surface area contributed by atoms with Crippen LogP contribution in [0.2, 0.25) is 0 Å². The number of imidazole rings is 1. The summed E-state index contributed by atoms with van der Waals surface area (Å²) in [5.74, 6) is -3.60. The molecular formula is C30H38N6O7. The van der Waals surface area contributed by atoms with Gasteiger partial charge in [-0.25, -0.2) is 9.78 Å². The van der Waals surface area contributed by atoms with Crippen LogP contribution in [0, 0.1) is 5.92 Å². The fourth-order valence-electron chi connectivity index (χ4n) is 4.37. The lowest BCUT2D eigenvalue weighted by molar-refractivity contribution is -0.143. The number of nitrogens with two attached hydrogens (primary N) is 1. The van der Waals surface area contributed by atoms with Gasteiger partial charge in [0.1, 0.15) is 29.6 Å². The molecule has 5 unspecified atom stereocenters. The van der Waals surface area contributed by atoms with Crippen molar-refractivity contribution in [1.29, 1.82) is 0 Å². The zero-order chi connectivity index (χ0) is 31.5. The van der Waals surface area contributed by atoms with Crippen molar-refractivity contribution in [2.24, 2.45) is 11.7 Å². The number of carboxylic acids is 1. The summed E-state index contributed by atoms with van der Waals surface area (Å²) >= 11 is 0. The standard InChI is InChI=1S/C30H38N6O7/c1-3-17(2)26(30(42)43)36-29(41)25(13-19-6-10-22(38)11-7-19)35-28(40)24(12-18-4-8-21(37)9-5-18)34-27(39)23(31)14-20-15-32-16-33-20/h4-11,15-17,23-26,37-38H,3,12-14,31H2,1-2H3,(H,32,33)(H,34,39)(H,35,40)(H,36,41)(H,42,43). The normalized spacial score (nSPS) is 14.5. The Labute approximate surface area is 248 Å². The van der Waals surface area contributed by atoms with E-state index in [9.17, 15) is 34.5 Å². The molecule has 9 N–H and O–H groups in total. The van der Waals surface area contributed by atoms with E-state index in [2.05, 4.69) is 25.9 Å². The van der Waals surface area contributed by atoms with E-state index in [-0.39, 0.29) is 36.7 Å². The van der Waals surface area contributed by atoms with E-state index in [0.29, 0.717) is 23.2 Å². The Hall–Kier alpha value is -4.91. The van der Waals surface area contributed by atoms with E-state index in [4.69, 9.17) is 5.73 Å². The number of carboxylic acid groups (broad SMARTS) is 1. The Kier molecular flexibility index (Phi) is 11.6. The number of rotatable bonds is 15. The maximum atomic E-state index is 13.7. The topological polar surface area (TPSA) is 220 Å². The predicted molar refractivity (Wildman–Crippen MR) is 157 cm³/mol. The minimum atomic E-state index is -1.22. The maximum absolute atomic E-state index is 13.7. The average Bonchev–Trinajstić information content (AvgIpc) is 3.49. The van der Waals surface area contributed by atoms with Crippen LogP contribution in [0.3, 0.4) is 0 Å². The Morgan fingerprint density at radius 1 is 0.814 bits per heavy atom. The summed E-state index contributed by atoms with van der Waals surface area (Å²) in [4.78, 5) is 58.8. The lowest BCUT2D eigenvalue weighted by atomic mass is 9.97. The molecule has 13 nitrogen and oxygen atoms in total. The molecule has 0 aliphatic rings. The third kappa shape index (κ3) is 9.85. The van der Waals surface area contributed by atoms with Gasteiger partial charge in [-0.3, -0.25) is 14.4 Å². The first-order chi connectivity index (χ1) is 20.5. The van der Waals surface area contributed by atoms with Gasteiger partial charge in [0.2, 0.25) is 17.7 Å². The van der Waals surface area contributed by atoms with Gasteiger partial charge in [-0.2, -0.15) is 0 Å². The summed E-state index contributed by atoms with van der Waals surface area (Å²) in [6.45, 7) is 3.50. The molecule has 0 aliphatic heterocycles. The van der Waals surface area contributed by atoms with Gasteiger partial charge in [0, 0.05) is 31.2 Å². The second-order valence-electron chi connectivity index (χ2n) is 10.5. The first-order valence-electron chi connectivity index (χ1n) is 13.9. The van der Waals surface area contributed by atoms with Crippen molar-refractivity contribution in [3.05, 3.63) is 77.9 Å². The maximum Gasteiger partial charge on any atom is 0.326 e. The predicted octanol–water partition coefficient (Wildman–Crippen LogP) is 0.761. The summed E-state index contributed by atoms with van der Waals surface area (Å²) < 4.78 is 0. The van der Waals surface area contributed by atoms with E-state index >= 15 is 0 Å².